The van der Waals surface area contributed by atoms with Crippen LogP contribution >= 0.6 is 0 Å². The van der Waals surface area contributed by atoms with Crippen LogP contribution in [-0.2, 0) is 0 Å². The summed E-state index contributed by atoms with van der Waals surface area (Å²) in [5.74, 6) is 0.683. The lowest BCUT2D eigenvalue weighted by Gasteiger charge is -2.21. The van der Waals surface area contributed by atoms with Crippen LogP contribution in [0.1, 0.15) is 0 Å². The molecule has 0 saturated carbocycles. The van der Waals surface area contributed by atoms with Crippen molar-refractivity contribution in [1.82, 2.24) is 15.0 Å². The Kier molecular flexibility index (Phi) is 7.14. The minimum absolute atomic E-state index is 0.683. The third-order valence-corrected chi connectivity index (χ3v) is 10.1. The van der Waals surface area contributed by atoms with Gasteiger partial charge in [0, 0.05) is 38.4 Å². The van der Waals surface area contributed by atoms with Crippen LogP contribution in [-0.4, -0.2) is 15.0 Å². The zero-order valence-corrected chi connectivity index (χ0v) is 28.2. The van der Waals surface area contributed by atoms with Gasteiger partial charge in [-0.15, -0.1) is 0 Å². The maximum atomic E-state index is 5.57. The van der Waals surface area contributed by atoms with E-state index in [2.05, 4.69) is 164 Å². The summed E-state index contributed by atoms with van der Waals surface area (Å²) >= 11 is 0. The molecule has 0 aliphatic heterocycles. The van der Waals surface area contributed by atoms with E-state index < -0.39 is 0 Å². The second-order valence-corrected chi connectivity index (χ2v) is 13.1. The van der Waals surface area contributed by atoms with Gasteiger partial charge in [0.15, 0.2) is 5.82 Å². The molecule has 0 aliphatic carbocycles. The average molecular weight is 662 g/mol. The Bertz CT molecular complexity index is 2880. The summed E-state index contributed by atoms with van der Waals surface area (Å²) in [6, 6.07) is 66.1. The molecular formula is C49H31N3. The van der Waals surface area contributed by atoms with Crippen molar-refractivity contribution in [3.8, 4) is 56.3 Å². The van der Waals surface area contributed by atoms with Gasteiger partial charge < -0.3 is 0 Å². The minimum Gasteiger partial charge on any atom is -0.247 e. The van der Waals surface area contributed by atoms with E-state index in [0.29, 0.717) is 5.82 Å². The molecule has 0 unspecified atom stereocenters. The standard InChI is InChI=1S/C49H31N3/c1-4-17-32(18-5-1)35-28-16-29-41-45(35)40-27-14-15-30-42(40)50-48(41)47-39-26-13-11-24-37(39)36-23-10-12-25-38(36)46(47)44-31-43(33-19-6-2-7-20-33)51-49(52-44)34-21-8-3-9-22-34/h1-31H. The summed E-state index contributed by atoms with van der Waals surface area (Å²) in [7, 11) is 0. The third kappa shape index (κ3) is 4.94. The minimum atomic E-state index is 0.683. The summed E-state index contributed by atoms with van der Waals surface area (Å²) in [4.78, 5) is 16.1. The van der Waals surface area contributed by atoms with Crippen LogP contribution in [0.25, 0.3) is 99.5 Å². The number of nitrogens with zero attached hydrogens (tertiary/aromatic N) is 3. The summed E-state index contributed by atoms with van der Waals surface area (Å²) in [6.45, 7) is 0. The van der Waals surface area contributed by atoms with E-state index in [1.54, 1.807) is 0 Å². The van der Waals surface area contributed by atoms with Gasteiger partial charge in [-0.3, -0.25) is 0 Å². The Morgan fingerprint density at radius 2 is 0.808 bits per heavy atom. The van der Waals surface area contributed by atoms with Crippen molar-refractivity contribution in [2.45, 2.75) is 0 Å². The smallest absolute Gasteiger partial charge is 0.160 e. The zero-order chi connectivity index (χ0) is 34.4. The Hall–Kier alpha value is -6.97. The molecule has 2 heterocycles. The molecular weight excluding hydrogens is 631 g/mol. The van der Waals surface area contributed by atoms with Gasteiger partial charge >= 0.3 is 0 Å². The topological polar surface area (TPSA) is 38.7 Å². The number of fused-ring (bicyclic) bond motifs is 6. The third-order valence-electron chi connectivity index (χ3n) is 10.1. The highest BCUT2D eigenvalue weighted by Crippen LogP contribution is 2.48. The molecule has 8 aromatic carbocycles. The van der Waals surface area contributed by atoms with Gasteiger partial charge in [-0.25, -0.2) is 15.0 Å². The van der Waals surface area contributed by atoms with Crippen LogP contribution in [0.3, 0.4) is 0 Å². The quantitative estimate of drug-likeness (QED) is 0.172. The van der Waals surface area contributed by atoms with Gasteiger partial charge in [-0.1, -0.05) is 176 Å². The van der Waals surface area contributed by atoms with Gasteiger partial charge in [0.2, 0.25) is 0 Å². The summed E-state index contributed by atoms with van der Waals surface area (Å²) in [6.07, 6.45) is 0. The Balaban J connectivity index is 1.40. The highest BCUT2D eigenvalue weighted by molar-refractivity contribution is 6.25. The molecule has 0 atom stereocenters. The summed E-state index contributed by atoms with van der Waals surface area (Å²) < 4.78 is 0. The lowest BCUT2D eigenvalue weighted by Crippen LogP contribution is -2.00. The first-order valence-corrected chi connectivity index (χ1v) is 17.6. The van der Waals surface area contributed by atoms with Crippen LogP contribution in [0, 0.1) is 0 Å². The molecule has 10 aromatic rings. The molecule has 0 saturated heterocycles. The molecule has 10 rings (SSSR count). The van der Waals surface area contributed by atoms with Crippen LogP contribution in [0.4, 0.5) is 0 Å². The molecule has 242 valence electrons. The first-order valence-electron chi connectivity index (χ1n) is 17.6. The summed E-state index contributed by atoms with van der Waals surface area (Å²) in [5, 5.41) is 8.03. The molecule has 3 nitrogen and oxygen atoms in total. The van der Waals surface area contributed by atoms with Crippen molar-refractivity contribution in [2.75, 3.05) is 0 Å². The number of hydrogen-bond donors (Lipinski definition) is 0. The lowest BCUT2D eigenvalue weighted by atomic mass is 9.85. The normalized spacial score (nSPS) is 11.5. The molecule has 2 aromatic heterocycles. The largest absolute Gasteiger partial charge is 0.247 e. The van der Waals surface area contributed by atoms with E-state index in [0.717, 1.165) is 66.4 Å². The second kappa shape index (κ2) is 12.4. The first-order chi connectivity index (χ1) is 25.8. The van der Waals surface area contributed by atoms with Crippen molar-refractivity contribution in [3.05, 3.63) is 188 Å². The van der Waals surface area contributed by atoms with E-state index >= 15 is 0 Å². The van der Waals surface area contributed by atoms with E-state index in [1.807, 2.05) is 24.3 Å². The number of pyridine rings is 1. The maximum Gasteiger partial charge on any atom is 0.160 e. The van der Waals surface area contributed by atoms with E-state index in [9.17, 15) is 0 Å². The molecule has 0 amide bonds. The van der Waals surface area contributed by atoms with E-state index in [4.69, 9.17) is 15.0 Å². The van der Waals surface area contributed by atoms with Gasteiger partial charge in [-0.05, 0) is 44.8 Å². The van der Waals surface area contributed by atoms with Gasteiger partial charge in [0.05, 0.1) is 22.6 Å². The first kappa shape index (κ1) is 29.9. The molecule has 0 bridgehead atoms. The Morgan fingerprint density at radius 1 is 0.308 bits per heavy atom. The number of rotatable bonds is 5. The molecule has 0 aliphatic rings. The number of benzene rings is 8. The molecule has 52 heavy (non-hydrogen) atoms. The molecule has 0 N–H and O–H groups in total. The van der Waals surface area contributed by atoms with Crippen molar-refractivity contribution in [2.24, 2.45) is 0 Å². The fourth-order valence-corrected chi connectivity index (χ4v) is 7.75. The molecule has 0 spiro atoms. The van der Waals surface area contributed by atoms with Crippen LogP contribution < -0.4 is 0 Å². The number of para-hydroxylation sites is 1. The van der Waals surface area contributed by atoms with Gasteiger partial charge in [0.25, 0.3) is 0 Å². The Labute approximate surface area is 301 Å². The highest BCUT2D eigenvalue weighted by Gasteiger charge is 2.24. The fraction of sp³-hybridized carbons (Fsp3) is 0. The van der Waals surface area contributed by atoms with E-state index in [-0.39, 0.29) is 0 Å². The predicted octanol–water partition coefficient (Wildman–Crippen LogP) is 12.8. The fourth-order valence-electron chi connectivity index (χ4n) is 7.75. The van der Waals surface area contributed by atoms with Crippen LogP contribution in [0.2, 0.25) is 0 Å². The molecule has 0 radical (unpaired) electrons. The van der Waals surface area contributed by atoms with E-state index in [1.165, 1.54) is 27.3 Å². The second-order valence-electron chi connectivity index (χ2n) is 13.1. The maximum absolute atomic E-state index is 5.57. The lowest BCUT2D eigenvalue weighted by molar-refractivity contribution is 1.18. The zero-order valence-electron chi connectivity index (χ0n) is 28.2. The number of hydrogen-bond acceptors (Lipinski definition) is 3. The average Bonchev–Trinajstić information content (AvgIpc) is 3.23. The monoisotopic (exact) mass is 661 g/mol. The predicted molar refractivity (Wildman–Crippen MR) is 217 cm³/mol. The van der Waals surface area contributed by atoms with Gasteiger partial charge in [-0.2, -0.15) is 0 Å². The highest BCUT2D eigenvalue weighted by atomic mass is 14.9. The SMILES string of the molecule is c1ccc(-c2cc(-c3c(-c4nc5ccccc5c5c(-c6ccccc6)cccc45)c4ccccc4c4ccccc34)nc(-c3ccccc3)n2)cc1. The van der Waals surface area contributed by atoms with Crippen molar-refractivity contribution in [1.29, 1.82) is 0 Å². The molecule has 0 fully saturated rings. The summed E-state index contributed by atoms with van der Waals surface area (Å²) in [5.41, 5.74) is 10.1. The van der Waals surface area contributed by atoms with Crippen molar-refractivity contribution < 1.29 is 0 Å². The van der Waals surface area contributed by atoms with Crippen molar-refractivity contribution >= 4 is 43.2 Å². The Morgan fingerprint density at radius 3 is 1.48 bits per heavy atom. The van der Waals surface area contributed by atoms with Crippen molar-refractivity contribution in [3.63, 3.8) is 0 Å². The number of aromatic nitrogens is 3. The van der Waals surface area contributed by atoms with Gasteiger partial charge in [0.1, 0.15) is 0 Å². The van der Waals surface area contributed by atoms with Crippen LogP contribution in [0.5, 0.6) is 0 Å². The van der Waals surface area contributed by atoms with Crippen LogP contribution in [0.15, 0.2) is 188 Å². The molecule has 3 heteroatoms.